The summed E-state index contributed by atoms with van der Waals surface area (Å²) < 4.78 is 5.27. The van der Waals surface area contributed by atoms with E-state index in [0.29, 0.717) is 6.42 Å². The molecule has 0 radical (unpaired) electrons. The van der Waals surface area contributed by atoms with Crippen LogP contribution in [-0.2, 0) is 6.42 Å². The van der Waals surface area contributed by atoms with E-state index in [1.165, 1.54) is 5.56 Å². The normalized spacial score (nSPS) is 18.0. The van der Waals surface area contributed by atoms with Gasteiger partial charge in [0.1, 0.15) is 5.75 Å². The van der Waals surface area contributed by atoms with Crippen LogP contribution < -0.4 is 4.74 Å². The maximum atomic E-state index is 12.1. The van der Waals surface area contributed by atoms with Crippen LogP contribution in [0.5, 0.6) is 5.75 Å². The maximum Gasteiger partial charge on any atom is 0.224 e. The second kappa shape index (κ2) is 7.58. The quantitative estimate of drug-likeness (QED) is 0.336. The second-order valence-corrected chi connectivity index (χ2v) is 8.25. The molecule has 31 heavy (non-hydrogen) atoms. The molecule has 2 atom stereocenters. The van der Waals surface area contributed by atoms with Crippen molar-refractivity contribution in [2.24, 2.45) is 0 Å². The summed E-state index contributed by atoms with van der Waals surface area (Å²) >= 11 is 0. The van der Waals surface area contributed by atoms with E-state index in [9.17, 15) is 10.1 Å². The number of benzene rings is 3. The van der Waals surface area contributed by atoms with Crippen molar-refractivity contribution in [1.29, 1.82) is 0 Å². The van der Waals surface area contributed by atoms with Crippen molar-refractivity contribution >= 4 is 10.9 Å². The van der Waals surface area contributed by atoms with E-state index < -0.39 is 6.04 Å². The first-order valence-corrected chi connectivity index (χ1v) is 10.5. The van der Waals surface area contributed by atoms with Crippen molar-refractivity contribution in [3.8, 4) is 16.9 Å². The molecule has 1 N–H and O–H groups in total. The fourth-order valence-corrected chi connectivity index (χ4v) is 4.94. The molecule has 5 nitrogen and oxygen atoms in total. The summed E-state index contributed by atoms with van der Waals surface area (Å²) in [6, 6.07) is 19.8. The molecular weight excluding hydrogens is 388 g/mol. The summed E-state index contributed by atoms with van der Waals surface area (Å²) in [4.78, 5) is 15.4. The number of fused-ring (bicyclic) bond motifs is 2. The molecule has 0 aliphatic heterocycles. The summed E-state index contributed by atoms with van der Waals surface area (Å²) in [6.07, 6.45) is 3.24. The first-order valence-electron chi connectivity index (χ1n) is 10.5. The molecule has 1 aliphatic rings. The third kappa shape index (κ3) is 3.26. The van der Waals surface area contributed by atoms with Gasteiger partial charge in [-0.3, -0.25) is 10.1 Å². The van der Waals surface area contributed by atoms with Gasteiger partial charge in [0.05, 0.1) is 13.0 Å². The Hall–Kier alpha value is -3.60. The molecule has 5 heteroatoms. The molecule has 0 unspecified atom stereocenters. The Labute approximate surface area is 180 Å². The van der Waals surface area contributed by atoms with Gasteiger partial charge in [0, 0.05) is 28.4 Å². The van der Waals surface area contributed by atoms with Crippen LogP contribution in [0.25, 0.3) is 22.0 Å². The molecule has 3 aromatic carbocycles. The van der Waals surface area contributed by atoms with E-state index in [0.717, 1.165) is 50.9 Å². The molecule has 1 aromatic heterocycles. The highest BCUT2D eigenvalue weighted by Gasteiger charge is 2.40. The fourth-order valence-electron chi connectivity index (χ4n) is 4.94. The number of para-hydroxylation sites is 1. The van der Waals surface area contributed by atoms with Gasteiger partial charge in [-0.1, -0.05) is 42.5 Å². The number of nitrogens with one attached hydrogen (secondary N) is 1. The summed E-state index contributed by atoms with van der Waals surface area (Å²) in [5.74, 6) is 0.523. The zero-order valence-electron chi connectivity index (χ0n) is 17.6. The standard InChI is InChI=1S/C26H24N2O3/c1-16-4-3-5-21-23(15-27-26(16)21)25-22-14-19(17-8-11-20(31-2)12-9-17)7-6-18(22)10-13-24(25)28(29)30/h3-9,11-12,14-15,24-25,27H,10,13H2,1-2H3/t24-,25+/m0/s1. The Kier molecular flexibility index (Phi) is 4.74. The van der Waals surface area contributed by atoms with Crippen molar-refractivity contribution in [1.82, 2.24) is 4.98 Å². The van der Waals surface area contributed by atoms with Gasteiger partial charge in [0.15, 0.2) is 0 Å². The Morgan fingerprint density at radius 3 is 2.55 bits per heavy atom. The molecule has 1 aliphatic carbocycles. The maximum absolute atomic E-state index is 12.1. The molecule has 0 spiro atoms. The molecule has 0 saturated carbocycles. The van der Waals surface area contributed by atoms with Gasteiger partial charge in [-0.15, -0.1) is 0 Å². The summed E-state index contributed by atoms with van der Waals surface area (Å²) in [5.41, 5.74) is 7.59. The minimum Gasteiger partial charge on any atom is -0.497 e. The third-order valence-electron chi connectivity index (χ3n) is 6.56. The Balaban J connectivity index is 1.68. The van der Waals surface area contributed by atoms with E-state index in [2.05, 4.69) is 42.2 Å². The lowest BCUT2D eigenvalue weighted by molar-refractivity contribution is -0.526. The van der Waals surface area contributed by atoms with Crippen LogP contribution in [0.2, 0.25) is 0 Å². The minimum atomic E-state index is -0.641. The number of ether oxygens (including phenoxy) is 1. The minimum absolute atomic E-state index is 0.0949. The van der Waals surface area contributed by atoms with E-state index in [-0.39, 0.29) is 10.8 Å². The first kappa shape index (κ1) is 19.4. The topological polar surface area (TPSA) is 68.2 Å². The number of hydrogen-bond acceptors (Lipinski definition) is 3. The van der Waals surface area contributed by atoms with Gasteiger partial charge >= 0.3 is 0 Å². The molecule has 0 amide bonds. The van der Waals surface area contributed by atoms with Crippen LogP contribution in [0, 0.1) is 17.0 Å². The van der Waals surface area contributed by atoms with Crippen molar-refractivity contribution in [3.05, 3.63) is 99.2 Å². The highest BCUT2D eigenvalue weighted by atomic mass is 16.6. The van der Waals surface area contributed by atoms with Gasteiger partial charge in [-0.25, -0.2) is 0 Å². The van der Waals surface area contributed by atoms with Crippen molar-refractivity contribution in [3.63, 3.8) is 0 Å². The van der Waals surface area contributed by atoms with E-state index in [4.69, 9.17) is 4.74 Å². The predicted molar refractivity (Wildman–Crippen MR) is 122 cm³/mol. The number of rotatable bonds is 4. The molecule has 1 heterocycles. The Morgan fingerprint density at radius 1 is 1.03 bits per heavy atom. The number of hydrogen-bond donors (Lipinski definition) is 1. The average Bonchev–Trinajstić information content (AvgIpc) is 3.23. The smallest absolute Gasteiger partial charge is 0.224 e. The van der Waals surface area contributed by atoms with Gasteiger partial charge in [0.25, 0.3) is 0 Å². The number of H-pyrrole nitrogens is 1. The van der Waals surface area contributed by atoms with Gasteiger partial charge in [-0.05, 0) is 64.9 Å². The van der Waals surface area contributed by atoms with Crippen molar-refractivity contribution < 1.29 is 9.66 Å². The molecule has 0 fully saturated rings. The summed E-state index contributed by atoms with van der Waals surface area (Å²) in [6.45, 7) is 2.06. The number of aromatic amines is 1. The largest absolute Gasteiger partial charge is 0.497 e. The van der Waals surface area contributed by atoms with E-state index >= 15 is 0 Å². The fraction of sp³-hybridized carbons (Fsp3) is 0.231. The zero-order valence-corrected chi connectivity index (χ0v) is 17.6. The molecule has 0 bridgehead atoms. The Bertz CT molecular complexity index is 1270. The number of methoxy groups -OCH3 is 1. The SMILES string of the molecule is COc1ccc(-c2ccc3c(c2)[C@H](c2c[nH]c4c(C)cccc24)[C@@H]([N+](=O)[O-])CC3)cc1. The molecule has 156 valence electrons. The van der Waals surface area contributed by atoms with E-state index in [1.54, 1.807) is 7.11 Å². The first-order chi connectivity index (χ1) is 15.1. The lowest BCUT2D eigenvalue weighted by Crippen LogP contribution is -2.33. The number of aryl methyl sites for hydroxylation is 2. The highest BCUT2D eigenvalue weighted by molar-refractivity contribution is 5.87. The molecule has 0 saturated heterocycles. The number of nitrogens with zero attached hydrogens (tertiary/aromatic N) is 1. The van der Waals surface area contributed by atoms with Crippen LogP contribution >= 0.6 is 0 Å². The number of aromatic nitrogens is 1. The lowest BCUT2D eigenvalue weighted by atomic mass is 9.75. The summed E-state index contributed by atoms with van der Waals surface area (Å²) in [7, 11) is 1.65. The Morgan fingerprint density at radius 2 is 1.81 bits per heavy atom. The highest BCUT2D eigenvalue weighted by Crippen LogP contribution is 2.42. The average molecular weight is 412 g/mol. The van der Waals surface area contributed by atoms with Gasteiger partial charge in [0.2, 0.25) is 6.04 Å². The molecular formula is C26H24N2O3. The van der Waals surface area contributed by atoms with Crippen LogP contribution in [0.1, 0.15) is 34.6 Å². The predicted octanol–water partition coefficient (Wildman–Crippen LogP) is 5.88. The van der Waals surface area contributed by atoms with Crippen LogP contribution in [0.3, 0.4) is 0 Å². The zero-order chi connectivity index (χ0) is 21.5. The van der Waals surface area contributed by atoms with Crippen molar-refractivity contribution in [2.75, 3.05) is 7.11 Å². The summed E-state index contributed by atoms with van der Waals surface area (Å²) in [5, 5.41) is 13.1. The van der Waals surface area contributed by atoms with E-state index in [1.807, 2.05) is 36.5 Å². The van der Waals surface area contributed by atoms with Crippen molar-refractivity contribution in [2.45, 2.75) is 31.7 Å². The lowest BCUT2D eigenvalue weighted by Gasteiger charge is -2.29. The third-order valence-corrected chi connectivity index (χ3v) is 6.56. The second-order valence-electron chi connectivity index (χ2n) is 8.25. The van der Waals surface area contributed by atoms with Gasteiger partial charge < -0.3 is 9.72 Å². The molecule has 5 rings (SSSR count). The van der Waals surface area contributed by atoms with Crippen LogP contribution in [0.15, 0.2) is 66.9 Å². The number of nitro groups is 1. The molecule has 4 aromatic rings. The monoisotopic (exact) mass is 412 g/mol. The van der Waals surface area contributed by atoms with Gasteiger partial charge in [-0.2, -0.15) is 0 Å². The van der Waals surface area contributed by atoms with Crippen LogP contribution in [-0.4, -0.2) is 23.1 Å². The van der Waals surface area contributed by atoms with Crippen LogP contribution in [0.4, 0.5) is 0 Å².